The van der Waals surface area contributed by atoms with Gasteiger partial charge in [-0.2, -0.15) is 5.10 Å². The van der Waals surface area contributed by atoms with Crippen molar-refractivity contribution in [2.45, 2.75) is 40.2 Å². The van der Waals surface area contributed by atoms with Crippen LogP contribution >= 0.6 is 0 Å². The van der Waals surface area contributed by atoms with E-state index in [-0.39, 0.29) is 5.54 Å². The summed E-state index contributed by atoms with van der Waals surface area (Å²) in [5.41, 5.74) is 2.78. The van der Waals surface area contributed by atoms with Crippen LogP contribution in [0, 0.1) is 13.8 Å². The van der Waals surface area contributed by atoms with Crippen LogP contribution in [0.1, 0.15) is 32.2 Å². The summed E-state index contributed by atoms with van der Waals surface area (Å²) >= 11 is 0. The van der Waals surface area contributed by atoms with Gasteiger partial charge in [-0.25, -0.2) is 24.6 Å². The number of aryl methyl sites for hydroxylation is 2. The maximum atomic E-state index is 4.59. The molecule has 1 aliphatic heterocycles. The Morgan fingerprint density at radius 1 is 0.889 bits per heavy atom. The number of nitrogens with zero attached hydrogens (tertiary/aromatic N) is 8. The maximum absolute atomic E-state index is 4.59. The molecule has 1 fully saturated rings. The van der Waals surface area contributed by atoms with Gasteiger partial charge in [0.1, 0.15) is 12.1 Å². The second-order valence-corrected chi connectivity index (χ2v) is 8.09. The first-order valence-electron chi connectivity index (χ1n) is 9.34. The Kier molecular flexibility index (Phi) is 4.20. The van der Waals surface area contributed by atoms with Crippen LogP contribution in [-0.2, 0) is 5.54 Å². The van der Waals surface area contributed by atoms with E-state index in [1.807, 2.05) is 30.8 Å². The molecular formula is C19H26N8. The largest absolute Gasteiger partial charge is 0.352 e. The van der Waals surface area contributed by atoms with Crippen LogP contribution in [0.3, 0.4) is 0 Å². The summed E-state index contributed by atoms with van der Waals surface area (Å²) in [7, 11) is 0. The van der Waals surface area contributed by atoms with E-state index in [0.29, 0.717) is 0 Å². The van der Waals surface area contributed by atoms with Gasteiger partial charge in [0.2, 0.25) is 5.95 Å². The average Bonchev–Trinajstić information content (AvgIpc) is 3.05. The van der Waals surface area contributed by atoms with Gasteiger partial charge in [0.25, 0.3) is 0 Å². The Hall–Kier alpha value is -2.77. The molecular weight excluding hydrogens is 340 g/mol. The molecule has 3 aromatic heterocycles. The molecule has 1 saturated heterocycles. The molecule has 0 aliphatic carbocycles. The Morgan fingerprint density at radius 3 is 2.15 bits per heavy atom. The molecule has 0 spiro atoms. The van der Waals surface area contributed by atoms with E-state index in [0.717, 1.165) is 60.4 Å². The second-order valence-electron chi connectivity index (χ2n) is 8.09. The summed E-state index contributed by atoms with van der Waals surface area (Å²) in [5.74, 6) is 1.78. The minimum Gasteiger partial charge on any atom is -0.352 e. The molecule has 0 N–H and O–H groups in total. The van der Waals surface area contributed by atoms with Crippen molar-refractivity contribution in [1.29, 1.82) is 0 Å². The molecule has 8 nitrogen and oxygen atoms in total. The first-order chi connectivity index (χ1) is 12.8. The van der Waals surface area contributed by atoms with Gasteiger partial charge >= 0.3 is 0 Å². The maximum Gasteiger partial charge on any atom is 0.225 e. The molecule has 8 heteroatoms. The van der Waals surface area contributed by atoms with Gasteiger partial charge < -0.3 is 9.80 Å². The Balaban J connectivity index is 1.57. The lowest BCUT2D eigenvalue weighted by Crippen LogP contribution is -2.47. The molecule has 27 heavy (non-hydrogen) atoms. The molecule has 0 atom stereocenters. The smallest absolute Gasteiger partial charge is 0.225 e. The van der Waals surface area contributed by atoms with Crippen molar-refractivity contribution in [1.82, 2.24) is 29.7 Å². The summed E-state index contributed by atoms with van der Waals surface area (Å²) in [4.78, 5) is 22.8. The summed E-state index contributed by atoms with van der Waals surface area (Å²) in [5, 5.41) is 5.56. The first-order valence-corrected chi connectivity index (χ1v) is 9.34. The Labute approximate surface area is 159 Å². The van der Waals surface area contributed by atoms with Crippen LogP contribution < -0.4 is 9.80 Å². The molecule has 4 heterocycles. The quantitative estimate of drug-likeness (QED) is 0.689. The van der Waals surface area contributed by atoms with E-state index in [1.165, 1.54) is 0 Å². The highest BCUT2D eigenvalue weighted by Crippen LogP contribution is 2.27. The van der Waals surface area contributed by atoms with E-state index in [4.69, 9.17) is 0 Å². The van der Waals surface area contributed by atoms with Gasteiger partial charge in [-0.15, -0.1) is 0 Å². The SMILES string of the molecule is Cc1cc(C)nc(N2CCN(c3ncnc4c3cnn4C(C)(C)C)CC2)n1. The minimum atomic E-state index is -0.119. The fourth-order valence-electron chi connectivity index (χ4n) is 3.54. The molecule has 0 radical (unpaired) electrons. The second kappa shape index (κ2) is 6.44. The van der Waals surface area contributed by atoms with E-state index < -0.39 is 0 Å². The van der Waals surface area contributed by atoms with Crippen LogP contribution in [0.5, 0.6) is 0 Å². The molecule has 3 aromatic rings. The van der Waals surface area contributed by atoms with Crippen molar-refractivity contribution < 1.29 is 0 Å². The Bertz CT molecular complexity index is 943. The molecule has 0 saturated carbocycles. The third-order valence-corrected chi connectivity index (χ3v) is 4.81. The summed E-state index contributed by atoms with van der Waals surface area (Å²) in [6.07, 6.45) is 3.52. The van der Waals surface area contributed by atoms with Crippen LogP contribution in [0.25, 0.3) is 11.0 Å². The number of hydrogen-bond acceptors (Lipinski definition) is 7. The number of rotatable bonds is 2. The third-order valence-electron chi connectivity index (χ3n) is 4.81. The summed E-state index contributed by atoms with van der Waals surface area (Å²) in [6, 6.07) is 2.00. The lowest BCUT2D eigenvalue weighted by molar-refractivity contribution is 0.366. The van der Waals surface area contributed by atoms with E-state index >= 15 is 0 Å². The molecule has 0 unspecified atom stereocenters. The van der Waals surface area contributed by atoms with Crippen molar-refractivity contribution >= 4 is 22.8 Å². The fraction of sp³-hybridized carbons (Fsp3) is 0.526. The molecule has 0 bridgehead atoms. The first kappa shape index (κ1) is 17.6. The normalized spacial score (nSPS) is 15.6. The van der Waals surface area contributed by atoms with E-state index in [1.54, 1.807) is 6.33 Å². The van der Waals surface area contributed by atoms with Crippen LogP contribution in [0.2, 0.25) is 0 Å². The van der Waals surface area contributed by atoms with Crippen molar-refractivity contribution in [3.63, 3.8) is 0 Å². The Morgan fingerprint density at radius 2 is 1.52 bits per heavy atom. The average molecular weight is 366 g/mol. The number of hydrogen-bond donors (Lipinski definition) is 0. The highest BCUT2D eigenvalue weighted by Gasteiger charge is 2.25. The van der Waals surface area contributed by atoms with Crippen LogP contribution in [-0.4, -0.2) is 55.9 Å². The zero-order valence-electron chi connectivity index (χ0n) is 16.6. The van der Waals surface area contributed by atoms with Crippen molar-refractivity contribution in [3.05, 3.63) is 30.0 Å². The zero-order chi connectivity index (χ0) is 19.2. The van der Waals surface area contributed by atoms with Crippen molar-refractivity contribution in [3.8, 4) is 0 Å². The predicted octanol–water partition coefficient (Wildman–Crippen LogP) is 2.31. The van der Waals surface area contributed by atoms with Gasteiger partial charge in [0.15, 0.2) is 5.65 Å². The van der Waals surface area contributed by atoms with Crippen LogP contribution in [0.4, 0.5) is 11.8 Å². The third kappa shape index (κ3) is 3.31. The van der Waals surface area contributed by atoms with E-state index in [2.05, 4.69) is 55.6 Å². The fourth-order valence-corrected chi connectivity index (χ4v) is 3.54. The van der Waals surface area contributed by atoms with Gasteiger partial charge in [0.05, 0.1) is 17.1 Å². The lowest BCUT2D eigenvalue weighted by atomic mass is 10.1. The molecule has 142 valence electrons. The standard InChI is InChI=1S/C19H26N8/c1-13-10-14(2)24-18(23-13)26-8-6-25(7-9-26)16-15-11-22-27(19(3,4)5)17(15)21-12-20-16/h10-12H,6-9H2,1-5H3. The zero-order valence-corrected chi connectivity index (χ0v) is 16.6. The predicted molar refractivity (Wildman–Crippen MR) is 106 cm³/mol. The van der Waals surface area contributed by atoms with Gasteiger partial charge in [0, 0.05) is 37.6 Å². The highest BCUT2D eigenvalue weighted by atomic mass is 15.4. The monoisotopic (exact) mass is 366 g/mol. The number of fused-ring (bicyclic) bond motifs is 1. The summed E-state index contributed by atoms with van der Waals surface area (Å²) < 4.78 is 1.97. The highest BCUT2D eigenvalue weighted by molar-refractivity contribution is 5.87. The van der Waals surface area contributed by atoms with E-state index in [9.17, 15) is 0 Å². The van der Waals surface area contributed by atoms with Gasteiger partial charge in [-0.1, -0.05) is 0 Å². The molecule has 0 amide bonds. The molecule has 4 rings (SSSR count). The van der Waals surface area contributed by atoms with Gasteiger partial charge in [-0.3, -0.25) is 0 Å². The molecule has 1 aliphatic rings. The lowest BCUT2D eigenvalue weighted by Gasteiger charge is -2.35. The minimum absolute atomic E-state index is 0.119. The molecule has 0 aromatic carbocycles. The van der Waals surface area contributed by atoms with Crippen molar-refractivity contribution in [2.24, 2.45) is 0 Å². The van der Waals surface area contributed by atoms with Crippen molar-refractivity contribution in [2.75, 3.05) is 36.0 Å². The van der Waals surface area contributed by atoms with Crippen LogP contribution in [0.15, 0.2) is 18.6 Å². The topological polar surface area (TPSA) is 75.9 Å². The number of anilines is 2. The number of aromatic nitrogens is 6. The summed E-state index contributed by atoms with van der Waals surface area (Å²) in [6.45, 7) is 13.9. The number of piperazine rings is 1. The van der Waals surface area contributed by atoms with Gasteiger partial charge in [-0.05, 0) is 40.7 Å².